The highest BCUT2D eigenvalue weighted by Crippen LogP contribution is 2.05. The van der Waals surface area contributed by atoms with Crippen molar-refractivity contribution in [2.24, 2.45) is 5.10 Å². The molecule has 0 fully saturated rings. The van der Waals surface area contributed by atoms with Gasteiger partial charge in [0.25, 0.3) is 0 Å². The van der Waals surface area contributed by atoms with E-state index in [2.05, 4.69) is 33.5 Å². The number of carbonyl (C=O) groups is 2. The van der Waals surface area contributed by atoms with Crippen molar-refractivity contribution in [3.8, 4) is 0 Å². The van der Waals surface area contributed by atoms with Gasteiger partial charge in [0.05, 0.1) is 0 Å². The van der Waals surface area contributed by atoms with E-state index in [0.717, 1.165) is 23.3 Å². The molecule has 0 heterocycles. The highest BCUT2D eigenvalue weighted by Gasteiger charge is 2.06. The molecule has 0 saturated heterocycles. The normalized spacial score (nSPS) is 11.7. The van der Waals surface area contributed by atoms with E-state index in [9.17, 15) is 9.59 Å². The zero-order valence-electron chi connectivity index (χ0n) is 16.9. The average Bonchev–Trinajstić information content (AvgIpc) is 2.72. The van der Waals surface area contributed by atoms with Crippen molar-refractivity contribution in [3.05, 3.63) is 83.6 Å². The van der Waals surface area contributed by atoms with Crippen molar-refractivity contribution >= 4 is 17.5 Å². The Morgan fingerprint density at radius 3 is 2.00 bits per heavy atom. The van der Waals surface area contributed by atoms with Gasteiger partial charge in [-0.05, 0) is 31.4 Å². The van der Waals surface area contributed by atoms with Crippen LogP contribution >= 0.6 is 0 Å². The molecule has 152 valence electrons. The van der Waals surface area contributed by atoms with Crippen LogP contribution in [0, 0.1) is 0 Å². The van der Waals surface area contributed by atoms with Crippen LogP contribution in [0.25, 0.3) is 0 Å². The first-order valence-corrected chi connectivity index (χ1v) is 9.63. The lowest BCUT2D eigenvalue weighted by molar-refractivity contribution is -0.126. The molecule has 0 atom stereocenters. The third-order valence-electron chi connectivity index (χ3n) is 4.11. The lowest BCUT2D eigenvalue weighted by Crippen LogP contribution is -2.34. The van der Waals surface area contributed by atoms with Crippen molar-refractivity contribution in [3.63, 3.8) is 0 Å². The number of hydrogen-bond donors (Lipinski definition) is 3. The van der Waals surface area contributed by atoms with E-state index in [1.807, 2.05) is 62.4 Å². The first-order valence-electron chi connectivity index (χ1n) is 9.63. The van der Waals surface area contributed by atoms with E-state index in [1.165, 1.54) is 5.56 Å². The summed E-state index contributed by atoms with van der Waals surface area (Å²) in [7, 11) is 0. The number of nitrogens with one attached hydrogen (secondary N) is 3. The Bertz CT molecular complexity index is 846. The number of hydrazine groups is 1. The van der Waals surface area contributed by atoms with Crippen molar-refractivity contribution < 1.29 is 9.59 Å². The molecule has 2 rings (SSSR count). The van der Waals surface area contributed by atoms with Gasteiger partial charge in [0.15, 0.2) is 0 Å². The predicted molar refractivity (Wildman–Crippen MR) is 116 cm³/mol. The molecule has 0 saturated carbocycles. The minimum atomic E-state index is -0.289. The fourth-order valence-corrected chi connectivity index (χ4v) is 2.64. The lowest BCUT2D eigenvalue weighted by atomic mass is 10.1. The van der Waals surface area contributed by atoms with Crippen LogP contribution in [0.5, 0.6) is 0 Å². The fraction of sp³-hybridized carbons (Fsp3) is 0.261. The molecule has 0 radical (unpaired) electrons. The molecule has 0 unspecified atom stereocenters. The topological polar surface area (TPSA) is 82.6 Å². The van der Waals surface area contributed by atoms with Crippen LogP contribution in [-0.2, 0) is 22.4 Å². The van der Waals surface area contributed by atoms with Crippen LogP contribution in [0.15, 0.2) is 77.5 Å². The number of nitrogens with zero attached hydrogens (tertiary/aromatic N) is 1. The second kappa shape index (κ2) is 12.1. The van der Waals surface area contributed by atoms with E-state index >= 15 is 0 Å². The van der Waals surface area contributed by atoms with E-state index in [1.54, 1.807) is 6.20 Å². The molecule has 0 bridgehead atoms. The van der Waals surface area contributed by atoms with Crippen LogP contribution in [-0.4, -0.2) is 17.5 Å². The van der Waals surface area contributed by atoms with E-state index < -0.39 is 0 Å². The Morgan fingerprint density at radius 1 is 0.828 bits per heavy atom. The standard InChI is InChI=1S/C23H28N4O2/c1-18(15-20-9-5-3-6-10-20)17-24-26-22(28)13-14-23(29)27-25-19(2)16-21-11-7-4-8-12-21/h3-12,17,24H,13-16H2,1-2H3,(H,26,28)(H,27,29)/b18-17+,25-19-. The molecule has 2 amide bonds. The molecule has 0 aliphatic heterocycles. The van der Waals surface area contributed by atoms with Gasteiger partial charge in [0.1, 0.15) is 0 Å². The summed E-state index contributed by atoms with van der Waals surface area (Å²) in [5, 5.41) is 4.08. The molecule has 0 aliphatic rings. The molecule has 2 aromatic carbocycles. The Morgan fingerprint density at radius 2 is 1.38 bits per heavy atom. The second-order valence-electron chi connectivity index (χ2n) is 6.89. The molecular formula is C23H28N4O2. The summed E-state index contributed by atoms with van der Waals surface area (Å²) in [5.41, 5.74) is 12.1. The van der Waals surface area contributed by atoms with Gasteiger partial charge in [-0.2, -0.15) is 5.10 Å². The Kier molecular flexibility index (Phi) is 9.15. The van der Waals surface area contributed by atoms with Crippen molar-refractivity contribution in [1.29, 1.82) is 0 Å². The first kappa shape index (κ1) is 21.9. The number of amides is 2. The maximum absolute atomic E-state index is 11.9. The number of carbonyl (C=O) groups excluding carboxylic acids is 2. The minimum absolute atomic E-state index is 0.0718. The third kappa shape index (κ3) is 9.37. The van der Waals surface area contributed by atoms with E-state index in [0.29, 0.717) is 6.42 Å². The summed E-state index contributed by atoms with van der Waals surface area (Å²) in [6.07, 6.45) is 3.37. The number of hydrogen-bond acceptors (Lipinski definition) is 4. The molecule has 3 N–H and O–H groups in total. The van der Waals surface area contributed by atoms with Crippen molar-refractivity contribution in [2.75, 3.05) is 0 Å². The molecule has 29 heavy (non-hydrogen) atoms. The number of benzene rings is 2. The zero-order valence-corrected chi connectivity index (χ0v) is 16.9. The Balaban J connectivity index is 1.63. The van der Waals surface area contributed by atoms with Crippen LogP contribution in [0.3, 0.4) is 0 Å². The Hall–Kier alpha value is -3.41. The maximum atomic E-state index is 11.9. The van der Waals surface area contributed by atoms with Crippen molar-refractivity contribution in [2.45, 2.75) is 39.5 Å². The molecular weight excluding hydrogens is 364 g/mol. The van der Waals surface area contributed by atoms with E-state index in [4.69, 9.17) is 0 Å². The van der Waals surface area contributed by atoms with Crippen LogP contribution < -0.4 is 16.3 Å². The number of hydrazone groups is 1. The molecule has 0 aromatic heterocycles. The zero-order chi connectivity index (χ0) is 20.9. The van der Waals surface area contributed by atoms with Gasteiger partial charge in [-0.15, -0.1) is 0 Å². The highest BCUT2D eigenvalue weighted by molar-refractivity contribution is 5.87. The third-order valence-corrected chi connectivity index (χ3v) is 4.11. The molecule has 6 heteroatoms. The summed E-state index contributed by atoms with van der Waals surface area (Å²) >= 11 is 0. The van der Waals surface area contributed by atoms with Gasteiger partial charge in [0, 0.05) is 31.2 Å². The van der Waals surface area contributed by atoms with E-state index in [-0.39, 0.29) is 24.7 Å². The van der Waals surface area contributed by atoms with Crippen molar-refractivity contribution in [1.82, 2.24) is 16.3 Å². The van der Waals surface area contributed by atoms with Crippen LogP contribution in [0.2, 0.25) is 0 Å². The smallest absolute Gasteiger partial charge is 0.240 e. The lowest BCUT2D eigenvalue weighted by Gasteiger charge is -2.07. The first-order chi connectivity index (χ1) is 14.0. The summed E-state index contributed by atoms with van der Waals surface area (Å²) in [4.78, 5) is 23.7. The minimum Gasteiger partial charge on any atom is -0.306 e. The predicted octanol–water partition coefficient (Wildman–Crippen LogP) is 3.27. The highest BCUT2D eigenvalue weighted by atomic mass is 16.2. The summed E-state index contributed by atoms with van der Waals surface area (Å²) in [6, 6.07) is 20.0. The average molecular weight is 393 g/mol. The van der Waals surface area contributed by atoms with Gasteiger partial charge in [-0.25, -0.2) is 5.43 Å². The maximum Gasteiger partial charge on any atom is 0.240 e. The molecule has 0 aliphatic carbocycles. The summed E-state index contributed by atoms with van der Waals surface area (Å²) in [6.45, 7) is 3.84. The number of rotatable bonds is 10. The van der Waals surface area contributed by atoms with Crippen LogP contribution in [0.4, 0.5) is 0 Å². The number of allylic oxidation sites excluding steroid dienone is 1. The van der Waals surface area contributed by atoms with Gasteiger partial charge >= 0.3 is 0 Å². The summed E-state index contributed by atoms with van der Waals surface area (Å²) < 4.78 is 0. The quantitative estimate of drug-likeness (QED) is 0.429. The van der Waals surface area contributed by atoms with Crippen LogP contribution in [0.1, 0.15) is 37.8 Å². The van der Waals surface area contributed by atoms with Gasteiger partial charge in [0.2, 0.25) is 11.8 Å². The molecule has 2 aromatic rings. The largest absolute Gasteiger partial charge is 0.306 e. The molecule has 0 spiro atoms. The monoisotopic (exact) mass is 392 g/mol. The van der Waals surface area contributed by atoms with Gasteiger partial charge in [-0.3, -0.25) is 15.0 Å². The fourth-order valence-electron chi connectivity index (χ4n) is 2.64. The van der Waals surface area contributed by atoms with Gasteiger partial charge in [-0.1, -0.05) is 66.2 Å². The second-order valence-corrected chi connectivity index (χ2v) is 6.89. The van der Waals surface area contributed by atoms with Gasteiger partial charge < -0.3 is 5.43 Å². The molecule has 6 nitrogen and oxygen atoms in total. The summed E-state index contributed by atoms with van der Waals surface area (Å²) in [5.74, 6) is -0.544. The Labute approximate surface area is 172 Å². The SMILES string of the molecule is C/C(Cc1ccccc1)=N/NC(=O)CCC(=O)NN/C=C(\C)Cc1ccccc1.